The third kappa shape index (κ3) is 3.02. The predicted octanol–water partition coefficient (Wildman–Crippen LogP) is 4.52. The first-order valence-corrected chi connectivity index (χ1v) is 8.43. The van der Waals surface area contributed by atoms with Crippen LogP contribution in [0.2, 0.25) is 0 Å². The molecule has 0 unspecified atom stereocenters. The van der Waals surface area contributed by atoms with Crippen molar-refractivity contribution in [3.05, 3.63) is 53.9 Å². The average molecular weight is 321 g/mol. The van der Waals surface area contributed by atoms with Gasteiger partial charge in [-0.25, -0.2) is 0 Å². The SMILES string of the molecule is O=C(Nc1nnc(C2CCCCC2)o1)c1ccc2ccccc2c1. The van der Waals surface area contributed by atoms with Crippen molar-refractivity contribution in [1.29, 1.82) is 0 Å². The van der Waals surface area contributed by atoms with Crippen molar-refractivity contribution in [3.63, 3.8) is 0 Å². The van der Waals surface area contributed by atoms with E-state index in [2.05, 4.69) is 15.5 Å². The molecule has 122 valence electrons. The van der Waals surface area contributed by atoms with E-state index in [1.54, 1.807) is 6.07 Å². The Hall–Kier alpha value is -2.69. The van der Waals surface area contributed by atoms with E-state index >= 15 is 0 Å². The van der Waals surface area contributed by atoms with Crippen LogP contribution in [0.5, 0.6) is 0 Å². The second-order valence-corrected chi connectivity index (χ2v) is 6.30. The van der Waals surface area contributed by atoms with E-state index in [0.717, 1.165) is 23.6 Å². The van der Waals surface area contributed by atoms with E-state index in [4.69, 9.17) is 4.42 Å². The molecule has 0 saturated heterocycles. The molecule has 1 aliphatic carbocycles. The molecule has 2 aromatic carbocycles. The number of nitrogens with one attached hydrogen (secondary N) is 1. The number of aromatic nitrogens is 2. The number of benzene rings is 2. The first-order valence-electron chi connectivity index (χ1n) is 8.43. The average Bonchev–Trinajstić information content (AvgIpc) is 3.10. The zero-order valence-electron chi connectivity index (χ0n) is 13.4. The summed E-state index contributed by atoms with van der Waals surface area (Å²) in [6.07, 6.45) is 5.84. The van der Waals surface area contributed by atoms with Gasteiger partial charge in [0, 0.05) is 11.5 Å². The molecule has 24 heavy (non-hydrogen) atoms. The van der Waals surface area contributed by atoms with Crippen LogP contribution in [0.25, 0.3) is 10.8 Å². The Morgan fingerprint density at radius 1 is 1.00 bits per heavy atom. The molecule has 1 aliphatic rings. The van der Waals surface area contributed by atoms with Gasteiger partial charge >= 0.3 is 6.01 Å². The molecular formula is C19H19N3O2. The monoisotopic (exact) mass is 321 g/mol. The van der Waals surface area contributed by atoms with Crippen LogP contribution < -0.4 is 5.32 Å². The van der Waals surface area contributed by atoms with E-state index in [1.807, 2.05) is 36.4 Å². The Balaban J connectivity index is 1.49. The molecule has 0 spiro atoms. The van der Waals surface area contributed by atoms with Crippen LogP contribution >= 0.6 is 0 Å². The number of hydrogen-bond donors (Lipinski definition) is 1. The number of nitrogens with zero attached hydrogens (tertiary/aromatic N) is 2. The number of rotatable bonds is 3. The molecule has 1 fully saturated rings. The quantitative estimate of drug-likeness (QED) is 0.770. The summed E-state index contributed by atoms with van der Waals surface area (Å²) in [6.45, 7) is 0. The van der Waals surface area contributed by atoms with Crippen LogP contribution in [0.3, 0.4) is 0 Å². The summed E-state index contributed by atoms with van der Waals surface area (Å²) in [6, 6.07) is 13.7. The van der Waals surface area contributed by atoms with Crippen LogP contribution in [0, 0.1) is 0 Å². The molecule has 3 aromatic rings. The van der Waals surface area contributed by atoms with E-state index < -0.39 is 0 Å². The van der Waals surface area contributed by atoms with Crippen LogP contribution in [0.4, 0.5) is 6.01 Å². The topological polar surface area (TPSA) is 68.0 Å². The first kappa shape index (κ1) is 14.9. The maximum absolute atomic E-state index is 12.4. The lowest BCUT2D eigenvalue weighted by atomic mass is 9.89. The van der Waals surface area contributed by atoms with Gasteiger partial charge in [0.05, 0.1) is 0 Å². The zero-order chi connectivity index (χ0) is 16.4. The van der Waals surface area contributed by atoms with Gasteiger partial charge in [-0.15, -0.1) is 5.10 Å². The molecule has 0 atom stereocenters. The van der Waals surface area contributed by atoms with E-state index in [1.165, 1.54) is 19.3 Å². The molecular weight excluding hydrogens is 302 g/mol. The Morgan fingerprint density at radius 3 is 2.62 bits per heavy atom. The molecule has 5 heteroatoms. The third-order valence-corrected chi connectivity index (χ3v) is 4.63. The molecule has 1 heterocycles. The van der Waals surface area contributed by atoms with Crippen LogP contribution in [-0.2, 0) is 0 Å². The Bertz CT molecular complexity index is 866. The fourth-order valence-electron chi connectivity index (χ4n) is 3.30. The molecule has 1 aromatic heterocycles. The summed E-state index contributed by atoms with van der Waals surface area (Å²) in [7, 11) is 0. The highest BCUT2D eigenvalue weighted by Crippen LogP contribution is 2.32. The maximum Gasteiger partial charge on any atom is 0.322 e. The van der Waals surface area contributed by atoms with Gasteiger partial charge in [-0.2, -0.15) is 0 Å². The Labute approximate surface area is 140 Å². The summed E-state index contributed by atoms with van der Waals surface area (Å²) in [5.74, 6) is 0.737. The number of amides is 1. The molecule has 4 rings (SSSR count). The van der Waals surface area contributed by atoms with Crippen molar-refractivity contribution in [3.8, 4) is 0 Å². The Morgan fingerprint density at radius 2 is 1.79 bits per heavy atom. The van der Waals surface area contributed by atoms with Gasteiger partial charge in [-0.05, 0) is 35.7 Å². The molecule has 0 bridgehead atoms. The zero-order valence-corrected chi connectivity index (χ0v) is 13.4. The number of anilines is 1. The minimum absolute atomic E-state index is 0.175. The van der Waals surface area contributed by atoms with E-state index in [0.29, 0.717) is 17.4 Å². The van der Waals surface area contributed by atoms with Crippen molar-refractivity contribution in [2.24, 2.45) is 0 Å². The minimum atomic E-state index is -0.236. The van der Waals surface area contributed by atoms with Crippen LogP contribution in [0.15, 0.2) is 46.9 Å². The van der Waals surface area contributed by atoms with Gasteiger partial charge in [0.25, 0.3) is 5.91 Å². The van der Waals surface area contributed by atoms with Gasteiger partial charge < -0.3 is 4.42 Å². The molecule has 1 amide bonds. The molecule has 0 aliphatic heterocycles. The largest absolute Gasteiger partial charge is 0.408 e. The normalized spacial score (nSPS) is 15.5. The van der Waals surface area contributed by atoms with E-state index in [-0.39, 0.29) is 11.9 Å². The Kier molecular flexibility index (Phi) is 3.99. The van der Waals surface area contributed by atoms with Crippen molar-refractivity contribution in [2.45, 2.75) is 38.0 Å². The van der Waals surface area contributed by atoms with Crippen molar-refractivity contribution >= 4 is 22.7 Å². The lowest BCUT2D eigenvalue weighted by molar-refractivity contribution is 0.102. The predicted molar refractivity (Wildman–Crippen MR) is 92.0 cm³/mol. The highest BCUT2D eigenvalue weighted by Gasteiger charge is 2.22. The summed E-state index contributed by atoms with van der Waals surface area (Å²) < 4.78 is 5.65. The fraction of sp³-hybridized carbons (Fsp3) is 0.316. The van der Waals surface area contributed by atoms with Gasteiger partial charge in [-0.1, -0.05) is 54.7 Å². The van der Waals surface area contributed by atoms with Crippen molar-refractivity contribution < 1.29 is 9.21 Å². The minimum Gasteiger partial charge on any atom is -0.408 e. The number of carbonyl (C=O) groups excluding carboxylic acids is 1. The van der Waals surface area contributed by atoms with Gasteiger partial charge in [0.1, 0.15) is 0 Å². The lowest BCUT2D eigenvalue weighted by Crippen LogP contribution is -2.12. The van der Waals surface area contributed by atoms with Crippen molar-refractivity contribution in [1.82, 2.24) is 10.2 Å². The number of carbonyl (C=O) groups is 1. The lowest BCUT2D eigenvalue weighted by Gasteiger charge is -2.17. The van der Waals surface area contributed by atoms with Crippen LogP contribution in [0.1, 0.15) is 54.3 Å². The smallest absolute Gasteiger partial charge is 0.322 e. The number of hydrogen-bond acceptors (Lipinski definition) is 4. The standard InChI is InChI=1S/C19H19N3O2/c23-17(16-11-10-13-6-4-5-9-15(13)12-16)20-19-22-21-18(24-19)14-7-2-1-3-8-14/h4-6,9-12,14H,1-3,7-8H2,(H,20,22,23). The van der Waals surface area contributed by atoms with Crippen LogP contribution in [-0.4, -0.2) is 16.1 Å². The van der Waals surface area contributed by atoms with Gasteiger partial charge in [0.15, 0.2) is 0 Å². The fourth-order valence-corrected chi connectivity index (χ4v) is 3.30. The molecule has 0 radical (unpaired) electrons. The first-order chi connectivity index (χ1) is 11.8. The highest BCUT2D eigenvalue weighted by molar-refractivity contribution is 6.05. The number of fused-ring (bicyclic) bond motifs is 1. The summed E-state index contributed by atoms with van der Waals surface area (Å²) in [4.78, 5) is 12.4. The highest BCUT2D eigenvalue weighted by atomic mass is 16.4. The van der Waals surface area contributed by atoms with Gasteiger partial charge in [0.2, 0.25) is 5.89 Å². The summed E-state index contributed by atoms with van der Waals surface area (Å²) in [5.41, 5.74) is 0.575. The summed E-state index contributed by atoms with van der Waals surface area (Å²) >= 11 is 0. The second kappa shape index (κ2) is 6.43. The summed E-state index contributed by atoms with van der Waals surface area (Å²) in [5, 5.41) is 12.9. The van der Waals surface area contributed by atoms with Gasteiger partial charge in [-0.3, -0.25) is 10.1 Å². The second-order valence-electron chi connectivity index (χ2n) is 6.30. The van der Waals surface area contributed by atoms with E-state index in [9.17, 15) is 4.79 Å². The third-order valence-electron chi connectivity index (χ3n) is 4.63. The molecule has 5 nitrogen and oxygen atoms in total. The maximum atomic E-state index is 12.4. The molecule has 1 N–H and O–H groups in total. The molecule has 1 saturated carbocycles. The van der Waals surface area contributed by atoms with Crippen molar-refractivity contribution in [2.75, 3.05) is 5.32 Å².